The van der Waals surface area contributed by atoms with Crippen LogP contribution in [-0.2, 0) is 24.8 Å². The van der Waals surface area contributed by atoms with Crippen LogP contribution in [0.4, 0.5) is 4.39 Å². The molecular formula is C19H15BrFN5O2. The van der Waals surface area contributed by atoms with Gasteiger partial charge in [-0.1, -0.05) is 0 Å². The van der Waals surface area contributed by atoms with Gasteiger partial charge in [0.1, 0.15) is 11.6 Å². The van der Waals surface area contributed by atoms with Crippen LogP contribution in [0.3, 0.4) is 0 Å². The molecule has 3 aromatic heterocycles. The number of aryl methyl sites for hydroxylation is 1. The molecule has 1 N–H and O–H groups in total. The van der Waals surface area contributed by atoms with Crippen LogP contribution in [0.15, 0.2) is 47.5 Å². The van der Waals surface area contributed by atoms with Crippen molar-refractivity contribution in [2.45, 2.75) is 13.0 Å². The van der Waals surface area contributed by atoms with E-state index in [-0.39, 0.29) is 12.2 Å². The second-order valence-corrected chi connectivity index (χ2v) is 7.25. The topological polar surface area (TPSA) is 85.8 Å². The minimum atomic E-state index is -0.915. The highest BCUT2D eigenvalue weighted by atomic mass is 79.9. The van der Waals surface area contributed by atoms with Gasteiger partial charge < -0.3 is 14.2 Å². The Kier molecular flexibility index (Phi) is 4.68. The molecule has 0 fully saturated rings. The molecule has 0 saturated carbocycles. The number of halogens is 2. The number of nitrogens with zero attached hydrogens (tertiary/aromatic N) is 5. The van der Waals surface area contributed by atoms with E-state index in [1.807, 2.05) is 23.7 Å². The average molecular weight is 444 g/mol. The van der Waals surface area contributed by atoms with Crippen molar-refractivity contribution in [2.24, 2.45) is 7.05 Å². The van der Waals surface area contributed by atoms with E-state index in [2.05, 4.69) is 30.9 Å². The first-order valence-corrected chi connectivity index (χ1v) is 9.19. The highest BCUT2D eigenvalue weighted by molar-refractivity contribution is 9.10. The molecule has 0 atom stereocenters. The summed E-state index contributed by atoms with van der Waals surface area (Å²) in [6.45, 7) is 0.480. The van der Waals surface area contributed by atoms with Gasteiger partial charge in [-0.3, -0.25) is 9.78 Å². The third-order valence-corrected chi connectivity index (χ3v) is 4.98. The Morgan fingerprint density at radius 3 is 2.79 bits per heavy atom. The van der Waals surface area contributed by atoms with Crippen molar-refractivity contribution < 1.29 is 14.3 Å². The Labute approximate surface area is 167 Å². The van der Waals surface area contributed by atoms with Gasteiger partial charge in [0, 0.05) is 31.1 Å². The monoisotopic (exact) mass is 443 g/mol. The number of rotatable bonds is 5. The molecule has 0 spiro atoms. The maximum absolute atomic E-state index is 13.8. The van der Waals surface area contributed by atoms with Crippen molar-refractivity contribution in [2.75, 3.05) is 0 Å². The van der Waals surface area contributed by atoms with Gasteiger partial charge in [-0.2, -0.15) is 0 Å². The summed E-state index contributed by atoms with van der Waals surface area (Å²) in [5.41, 5.74) is 3.51. The summed E-state index contributed by atoms with van der Waals surface area (Å²) in [6.07, 6.45) is 4.90. The second-order valence-electron chi connectivity index (χ2n) is 6.40. The van der Waals surface area contributed by atoms with Crippen LogP contribution < -0.4 is 0 Å². The number of carboxylic acids is 1. The number of benzene rings is 1. The molecule has 0 bridgehead atoms. The van der Waals surface area contributed by atoms with Crippen LogP contribution >= 0.6 is 15.9 Å². The van der Waals surface area contributed by atoms with E-state index in [4.69, 9.17) is 5.11 Å². The zero-order valence-corrected chi connectivity index (χ0v) is 16.4. The Morgan fingerprint density at radius 1 is 1.25 bits per heavy atom. The Hall–Kier alpha value is -3.07. The second kappa shape index (κ2) is 7.16. The first-order chi connectivity index (χ1) is 13.4. The Morgan fingerprint density at radius 2 is 2.07 bits per heavy atom. The zero-order chi connectivity index (χ0) is 19.8. The molecule has 9 heteroatoms. The van der Waals surface area contributed by atoms with Crippen LogP contribution in [0, 0.1) is 5.82 Å². The maximum Gasteiger partial charge on any atom is 0.309 e. The number of hydrogen-bond donors (Lipinski definition) is 1. The lowest BCUT2D eigenvalue weighted by Crippen LogP contribution is -2.01. The Bertz CT molecular complexity index is 1180. The van der Waals surface area contributed by atoms with Crippen LogP contribution in [0.2, 0.25) is 0 Å². The third-order valence-electron chi connectivity index (χ3n) is 4.37. The van der Waals surface area contributed by atoms with Crippen LogP contribution in [0.25, 0.3) is 22.4 Å². The molecule has 7 nitrogen and oxygen atoms in total. The summed E-state index contributed by atoms with van der Waals surface area (Å²) in [4.78, 5) is 23.9. The summed E-state index contributed by atoms with van der Waals surface area (Å²) < 4.78 is 17.8. The lowest BCUT2D eigenvalue weighted by molar-refractivity contribution is -0.136. The van der Waals surface area contributed by atoms with E-state index < -0.39 is 5.97 Å². The molecule has 4 rings (SSSR count). The smallest absolute Gasteiger partial charge is 0.309 e. The van der Waals surface area contributed by atoms with Crippen molar-refractivity contribution in [3.05, 3.63) is 64.7 Å². The van der Waals surface area contributed by atoms with E-state index in [1.54, 1.807) is 29.4 Å². The first-order valence-electron chi connectivity index (χ1n) is 8.40. The summed E-state index contributed by atoms with van der Waals surface area (Å²) in [7, 11) is 1.83. The normalized spacial score (nSPS) is 11.2. The van der Waals surface area contributed by atoms with Gasteiger partial charge in [0.2, 0.25) is 0 Å². The highest BCUT2D eigenvalue weighted by Crippen LogP contribution is 2.27. The number of carboxylic acid groups (broad SMARTS) is 1. The van der Waals surface area contributed by atoms with E-state index in [9.17, 15) is 9.18 Å². The van der Waals surface area contributed by atoms with Crippen molar-refractivity contribution in [1.82, 2.24) is 24.1 Å². The minimum Gasteiger partial charge on any atom is -0.481 e. The predicted molar refractivity (Wildman–Crippen MR) is 104 cm³/mol. The number of aromatic nitrogens is 5. The summed E-state index contributed by atoms with van der Waals surface area (Å²) in [6, 6.07) is 6.89. The molecular weight excluding hydrogens is 429 g/mol. The fraction of sp³-hybridized carbons (Fsp3) is 0.158. The molecule has 0 radical (unpaired) electrons. The van der Waals surface area contributed by atoms with Gasteiger partial charge >= 0.3 is 5.97 Å². The molecule has 0 aliphatic carbocycles. The molecule has 0 unspecified atom stereocenters. The number of pyridine rings is 1. The van der Waals surface area contributed by atoms with Crippen molar-refractivity contribution in [3.8, 4) is 11.4 Å². The lowest BCUT2D eigenvalue weighted by Gasteiger charge is -2.05. The summed E-state index contributed by atoms with van der Waals surface area (Å²) in [5.74, 6) is -0.557. The fourth-order valence-electron chi connectivity index (χ4n) is 3.02. The van der Waals surface area contributed by atoms with E-state index in [1.165, 1.54) is 6.07 Å². The van der Waals surface area contributed by atoms with Crippen LogP contribution in [-0.4, -0.2) is 35.2 Å². The summed E-state index contributed by atoms with van der Waals surface area (Å²) >= 11 is 3.19. The Balaban J connectivity index is 1.58. The van der Waals surface area contributed by atoms with Crippen LogP contribution in [0.1, 0.15) is 11.4 Å². The minimum absolute atomic E-state index is 0.108. The van der Waals surface area contributed by atoms with E-state index in [0.29, 0.717) is 33.6 Å². The number of aliphatic carboxylic acids is 1. The molecule has 0 saturated heterocycles. The number of fused-ring (bicyclic) bond motifs is 1. The number of hydrogen-bond acceptors (Lipinski definition) is 4. The molecule has 4 aromatic rings. The van der Waals surface area contributed by atoms with E-state index in [0.717, 1.165) is 11.3 Å². The standard InChI is InChI=1S/C19H15BrFN5O2/c1-25-17-6-15(21)14(20)5-16(17)24-19(25)11-2-3-12(22-7-11)8-26-9-13(23-10-26)4-18(27)28/h2-3,5-7,9-10H,4,8H2,1H3,(H,27,28). The quantitative estimate of drug-likeness (QED) is 0.510. The maximum atomic E-state index is 13.8. The zero-order valence-electron chi connectivity index (χ0n) is 14.8. The molecule has 28 heavy (non-hydrogen) atoms. The van der Waals surface area contributed by atoms with Crippen molar-refractivity contribution in [3.63, 3.8) is 0 Å². The lowest BCUT2D eigenvalue weighted by atomic mass is 10.2. The number of imidazole rings is 2. The SMILES string of the molecule is Cn1c(-c2ccc(Cn3cnc(CC(=O)O)c3)nc2)nc2cc(Br)c(F)cc21. The molecule has 3 heterocycles. The third kappa shape index (κ3) is 3.53. The average Bonchev–Trinajstić information content (AvgIpc) is 3.21. The molecule has 1 aromatic carbocycles. The molecule has 0 amide bonds. The molecule has 0 aliphatic rings. The number of carbonyl (C=O) groups is 1. The van der Waals surface area contributed by atoms with Gasteiger partial charge in [-0.05, 0) is 34.1 Å². The van der Waals surface area contributed by atoms with Crippen LogP contribution in [0.5, 0.6) is 0 Å². The predicted octanol–water partition coefficient (Wildman–Crippen LogP) is 3.41. The summed E-state index contributed by atoms with van der Waals surface area (Å²) in [5, 5.41) is 8.82. The van der Waals surface area contributed by atoms with Crippen molar-refractivity contribution >= 4 is 32.9 Å². The van der Waals surface area contributed by atoms with Crippen molar-refractivity contribution in [1.29, 1.82) is 0 Å². The van der Waals surface area contributed by atoms with Gasteiger partial charge in [0.25, 0.3) is 0 Å². The molecule has 0 aliphatic heterocycles. The van der Waals surface area contributed by atoms with E-state index >= 15 is 0 Å². The van der Waals surface area contributed by atoms with Gasteiger partial charge in [-0.25, -0.2) is 14.4 Å². The van der Waals surface area contributed by atoms with Gasteiger partial charge in [-0.15, -0.1) is 0 Å². The fourth-order valence-corrected chi connectivity index (χ4v) is 3.35. The molecule has 142 valence electrons. The van der Waals surface area contributed by atoms with Gasteiger partial charge in [0.05, 0.1) is 46.2 Å². The van der Waals surface area contributed by atoms with Gasteiger partial charge in [0.15, 0.2) is 0 Å². The largest absolute Gasteiger partial charge is 0.481 e. The highest BCUT2D eigenvalue weighted by Gasteiger charge is 2.13. The first kappa shape index (κ1) is 18.3.